The molecule has 1 aliphatic carbocycles. The number of hydrogen-bond acceptors (Lipinski definition) is 4. The largest absolute Gasteiger partial charge is 0.414 e. The van der Waals surface area contributed by atoms with Gasteiger partial charge < -0.3 is 19.6 Å². The summed E-state index contributed by atoms with van der Waals surface area (Å²) in [6.07, 6.45) is 5.66. The normalized spacial score (nSPS) is 19.9. The van der Waals surface area contributed by atoms with Gasteiger partial charge >= 0.3 is 6.09 Å². The van der Waals surface area contributed by atoms with Gasteiger partial charge in [-0.25, -0.2) is 4.79 Å². The van der Waals surface area contributed by atoms with Gasteiger partial charge in [0.05, 0.1) is 6.61 Å². The van der Waals surface area contributed by atoms with Gasteiger partial charge in [-0.1, -0.05) is 31.4 Å². The van der Waals surface area contributed by atoms with Crippen molar-refractivity contribution in [1.29, 1.82) is 0 Å². The summed E-state index contributed by atoms with van der Waals surface area (Å²) in [7, 11) is 1.80. The first-order valence-electron chi connectivity index (χ1n) is 10.0. The van der Waals surface area contributed by atoms with Crippen LogP contribution in [0.25, 0.3) is 0 Å². The molecule has 152 valence electrons. The van der Waals surface area contributed by atoms with Crippen molar-refractivity contribution in [2.24, 2.45) is 11.8 Å². The number of aliphatic hydroxyl groups is 1. The number of hydrogen-bond donors (Lipinski definition) is 1. The summed E-state index contributed by atoms with van der Waals surface area (Å²) in [5.41, 5.74) is 0. The quantitative estimate of drug-likeness (QED) is 0.676. The molecule has 6 heteroatoms. The molecule has 1 aliphatic rings. The molecule has 1 fully saturated rings. The Kier molecular flexibility index (Phi) is 9.39. The van der Waals surface area contributed by atoms with Crippen LogP contribution in [0, 0.1) is 11.8 Å². The van der Waals surface area contributed by atoms with Crippen LogP contribution in [-0.2, 0) is 0 Å². The molecule has 0 heterocycles. The fraction of sp³-hybridized carbons (Fsp3) is 0.667. The molecular formula is C21H33ClN2O3. The number of nitrogens with zero attached hydrogens (tertiary/aromatic N) is 2. The first-order valence-corrected chi connectivity index (χ1v) is 10.4. The van der Waals surface area contributed by atoms with Crippen LogP contribution in [0.2, 0.25) is 5.02 Å². The molecular weight excluding hydrogens is 364 g/mol. The Bertz CT molecular complexity index is 559. The van der Waals surface area contributed by atoms with E-state index in [2.05, 4.69) is 11.8 Å². The van der Waals surface area contributed by atoms with Gasteiger partial charge in [0.1, 0.15) is 5.75 Å². The first kappa shape index (κ1) is 22.0. The van der Waals surface area contributed by atoms with E-state index >= 15 is 0 Å². The highest BCUT2D eigenvalue weighted by molar-refractivity contribution is 6.30. The summed E-state index contributed by atoms with van der Waals surface area (Å²) in [6.45, 7) is 5.96. The Labute approximate surface area is 168 Å². The third kappa shape index (κ3) is 7.68. The van der Waals surface area contributed by atoms with Gasteiger partial charge in [-0.15, -0.1) is 0 Å². The van der Waals surface area contributed by atoms with Gasteiger partial charge in [-0.3, -0.25) is 0 Å². The smallest absolute Gasteiger partial charge is 0.410 e. The first-order chi connectivity index (χ1) is 13.0. The second-order valence-corrected chi connectivity index (χ2v) is 7.97. The second kappa shape index (κ2) is 11.5. The molecule has 0 aromatic heterocycles. The predicted octanol–water partition coefficient (Wildman–Crippen LogP) is 4.28. The van der Waals surface area contributed by atoms with Crippen LogP contribution in [0.4, 0.5) is 4.79 Å². The van der Waals surface area contributed by atoms with Gasteiger partial charge in [-0.05, 0) is 68.5 Å². The highest BCUT2D eigenvalue weighted by Gasteiger charge is 2.24. The number of carbonyl (C=O) groups is 1. The van der Waals surface area contributed by atoms with E-state index in [9.17, 15) is 4.79 Å². The van der Waals surface area contributed by atoms with Gasteiger partial charge in [0.2, 0.25) is 0 Å². The lowest BCUT2D eigenvalue weighted by atomic mass is 9.80. The van der Waals surface area contributed by atoms with Crippen LogP contribution < -0.4 is 4.74 Å². The molecule has 1 amide bonds. The number of carbonyl (C=O) groups excluding carboxylic acids is 1. The van der Waals surface area contributed by atoms with E-state index in [-0.39, 0.29) is 12.7 Å². The Balaban J connectivity index is 1.68. The highest BCUT2D eigenvalue weighted by Crippen LogP contribution is 2.31. The van der Waals surface area contributed by atoms with E-state index in [1.165, 1.54) is 19.3 Å². The molecule has 0 radical (unpaired) electrons. The van der Waals surface area contributed by atoms with Crippen LogP contribution in [-0.4, -0.2) is 60.8 Å². The average Bonchev–Trinajstić information content (AvgIpc) is 2.68. The average molecular weight is 397 g/mol. The van der Waals surface area contributed by atoms with Crippen molar-refractivity contribution >= 4 is 17.7 Å². The fourth-order valence-corrected chi connectivity index (χ4v) is 3.91. The number of halogens is 1. The molecule has 5 nitrogen and oxygen atoms in total. The Morgan fingerprint density at radius 1 is 1.15 bits per heavy atom. The van der Waals surface area contributed by atoms with Crippen LogP contribution >= 0.6 is 11.6 Å². The highest BCUT2D eigenvalue weighted by atomic mass is 35.5. The zero-order valence-corrected chi connectivity index (χ0v) is 17.3. The molecule has 0 saturated heterocycles. The minimum atomic E-state index is -0.318. The Hall–Kier alpha value is -1.30. The zero-order valence-electron chi connectivity index (χ0n) is 16.6. The maximum absolute atomic E-state index is 12.3. The van der Waals surface area contributed by atoms with Crippen molar-refractivity contribution in [2.75, 3.05) is 39.8 Å². The molecule has 0 bridgehead atoms. The SMILES string of the molecule is CCN(CCO)CC[C@H]1CC[C@H](CN(C)C(=O)Oc2ccc(Cl)cc2)CC1. The number of rotatable bonds is 9. The molecule has 0 aliphatic heterocycles. The lowest BCUT2D eigenvalue weighted by Crippen LogP contribution is -2.35. The number of likely N-dealkylation sites (N-methyl/N-ethyl adjacent to an activating group) is 1. The van der Waals surface area contributed by atoms with Crippen molar-refractivity contribution in [2.45, 2.75) is 39.0 Å². The molecule has 1 aromatic rings. The lowest BCUT2D eigenvalue weighted by molar-refractivity contribution is 0.141. The van der Waals surface area contributed by atoms with E-state index in [1.807, 2.05) is 0 Å². The third-order valence-electron chi connectivity index (χ3n) is 5.55. The summed E-state index contributed by atoms with van der Waals surface area (Å²) in [4.78, 5) is 16.2. The molecule has 0 unspecified atom stereocenters. The van der Waals surface area contributed by atoms with Crippen molar-refractivity contribution in [3.63, 3.8) is 0 Å². The third-order valence-corrected chi connectivity index (χ3v) is 5.80. The molecule has 0 atom stereocenters. The van der Waals surface area contributed by atoms with Crippen LogP contribution in [0.15, 0.2) is 24.3 Å². The predicted molar refractivity (Wildman–Crippen MR) is 109 cm³/mol. The van der Waals surface area contributed by atoms with E-state index in [4.69, 9.17) is 21.4 Å². The maximum atomic E-state index is 12.3. The number of amides is 1. The van der Waals surface area contributed by atoms with Crippen molar-refractivity contribution in [3.8, 4) is 5.75 Å². The summed E-state index contributed by atoms with van der Waals surface area (Å²) in [6, 6.07) is 6.84. The molecule has 2 rings (SSSR count). The standard InChI is InChI=1S/C21H33ClN2O3/c1-3-24(14-15-25)13-12-17-4-6-18(7-5-17)16-23(2)21(26)27-20-10-8-19(22)9-11-20/h8-11,17-18,25H,3-7,12-16H2,1-2H3/t17-,18-. The van der Waals surface area contributed by atoms with Crippen LogP contribution in [0.3, 0.4) is 0 Å². The minimum Gasteiger partial charge on any atom is -0.410 e. The summed E-state index contributed by atoms with van der Waals surface area (Å²) < 4.78 is 5.40. The number of aliphatic hydroxyl groups excluding tert-OH is 1. The van der Waals surface area contributed by atoms with Crippen molar-refractivity contribution < 1.29 is 14.6 Å². The molecule has 27 heavy (non-hydrogen) atoms. The molecule has 1 N–H and O–H groups in total. The van der Waals surface area contributed by atoms with E-state index in [0.717, 1.165) is 44.9 Å². The van der Waals surface area contributed by atoms with Crippen LogP contribution in [0.5, 0.6) is 5.75 Å². The van der Waals surface area contributed by atoms with E-state index < -0.39 is 0 Å². The number of ether oxygens (including phenoxy) is 1. The molecule has 1 aromatic carbocycles. The molecule has 0 spiro atoms. The van der Waals surface area contributed by atoms with Crippen molar-refractivity contribution in [3.05, 3.63) is 29.3 Å². The Morgan fingerprint density at radius 2 is 1.78 bits per heavy atom. The van der Waals surface area contributed by atoms with Gasteiger partial charge in [0.25, 0.3) is 0 Å². The van der Waals surface area contributed by atoms with Crippen molar-refractivity contribution in [1.82, 2.24) is 9.80 Å². The maximum Gasteiger partial charge on any atom is 0.414 e. The summed E-state index contributed by atoms with van der Waals surface area (Å²) >= 11 is 5.85. The summed E-state index contributed by atoms with van der Waals surface area (Å²) in [5.74, 6) is 1.83. The van der Waals surface area contributed by atoms with Crippen LogP contribution in [0.1, 0.15) is 39.0 Å². The summed E-state index contributed by atoms with van der Waals surface area (Å²) in [5, 5.41) is 9.71. The fourth-order valence-electron chi connectivity index (χ4n) is 3.78. The van der Waals surface area contributed by atoms with Gasteiger partial charge in [-0.2, -0.15) is 0 Å². The lowest BCUT2D eigenvalue weighted by Gasteiger charge is -2.32. The molecule has 1 saturated carbocycles. The second-order valence-electron chi connectivity index (χ2n) is 7.54. The Morgan fingerprint density at radius 3 is 2.37 bits per heavy atom. The van der Waals surface area contributed by atoms with E-state index in [1.54, 1.807) is 36.2 Å². The number of benzene rings is 1. The van der Waals surface area contributed by atoms with Gasteiger partial charge in [0.15, 0.2) is 0 Å². The zero-order chi connectivity index (χ0) is 19.6. The monoisotopic (exact) mass is 396 g/mol. The topological polar surface area (TPSA) is 53.0 Å². The van der Waals surface area contributed by atoms with E-state index in [0.29, 0.717) is 16.7 Å². The van der Waals surface area contributed by atoms with Gasteiger partial charge in [0, 0.05) is 25.2 Å². The minimum absolute atomic E-state index is 0.235.